The molecule has 2 atom stereocenters. The lowest BCUT2D eigenvalue weighted by Crippen LogP contribution is -2.34. The number of aliphatic carboxylic acids is 1. The molecule has 0 saturated heterocycles. The molecule has 8 heteroatoms. The average Bonchev–Trinajstić information content (AvgIpc) is 3.33. The first-order valence-electron chi connectivity index (χ1n) is 9.04. The number of aromatic nitrogens is 2. The van der Waals surface area contributed by atoms with Gasteiger partial charge in [-0.25, -0.2) is 13.5 Å². The third-order valence-corrected chi connectivity index (χ3v) is 5.42. The van der Waals surface area contributed by atoms with Crippen molar-refractivity contribution < 1.29 is 23.5 Å². The highest BCUT2D eigenvalue weighted by atomic mass is 19.2. The van der Waals surface area contributed by atoms with Crippen molar-refractivity contribution in [2.45, 2.75) is 44.6 Å². The molecule has 2 aliphatic carbocycles. The zero-order valence-electron chi connectivity index (χ0n) is 14.5. The number of fused-ring (bicyclic) bond motifs is 1. The van der Waals surface area contributed by atoms with E-state index in [-0.39, 0.29) is 23.3 Å². The van der Waals surface area contributed by atoms with E-state index in [2.05, 4.69) is 10.4 Å². The zero-order chi connectivity index (χ0) is 19.1. The Balaban J connectivity index is 1.62. The van der Waals surface area contributed by atoms with E-state index in [4.69, 9.17) is 5.11 Å². The summed E-state index contributed by atoms with van der Waals surface area (Å²) in [6.07, 6.45) is 3.62. The van der Waals surface area contributed by atoms with Gasteiger partial charge in [-0.3, -0.25) is 9.59 Å². The molecule has 0 aliphatic heterocycles. The van der Waals surface area contributed by atoms with Gasteiger partial charge in [0.15, 0.2) is 17.3 Å². The summed E-state index contributed by atoms with van der Waals surface area (Å²) in [4.78, 5) is 23.8. The molecule has 4 rings (SSSR count). The minimum atomic E-state index is -0.998. The van der Waals surface area contributed by atoms with Gasteiger partial charge in [0, 0.05) is 17.3 Å². The van der Waals surface area contributed by atoms with Gasteiger partial charge in [-0.1, -0.05) is 6.07 Å². The van der Waals surface area contributed by atoms with E-state index in [0.29, 0.717) is 32.1 Å². The van der Waals surface area contributed by atoms with Crippen molar-refractivity contribution in [3.63, 3.8) is 0 Å². The summed E-state index contributed by atoms with van der Waals surface area (Å²) < 4.78 is 29.2. The Labute approximate surface area is 154 Å². The SMILES string of the molecule is O=C(N[C@H]1CC[C@@H](C(=O)O)C1)c1nn(-c2cccc(F)c2F)c2c1CCC2. The normalized spacial score (nSPS) is 21.3. The number of amides is 1. The van der Waals surface area contributed by atoms with Crippen molar-refractivity contribution in [2.24, 2.45) is 5.92 Å². The Kier molecular flexibility index (Phi) is 4.41. The fraction of sp³-hybridized carbons (Fsp3) is 0.421. The van der Waals surface area contributed by atoms with Crippen LogP contribution in [0.1, 0.15) is 47.4 Å². The van der Waals surface area contributed by atoms with E-state index in [1.54, 1.807) is 0 Å². The molecule has 6 nitrogen and oxygen atoms in total. The first kappa shape index (κ1) is 17.6. The van der Waals surface area contributed by atoms with E-state index in [0.717, 1.165) is 23.7 Å². The Morgan fingerprint density at radius 3 is 2.78 bits per heavy atom. The Hall–Kier alpha value is -2.77. The number of nitrogens with one attached hydrogen (secondary N) is 1. The summed E-state index contributed by atoms with van der Waals surface area (Å²) in [5, 5.41) is 16.2. The van der Waals surface area contributed by atoms with Crippen LogP contribution in [0.15, 0.2) is 18.2 Å². The lowest BCUT2D eigenvalue weighted by molar-refractivity contribution is -0.141. The van der Waals surface area contributed by atoms with Crippen molar-refractivity contribution in [1.29, 1.82) is 0 Å². The fourth-order valence-corrected chi connectivity index (χ4v) is 4.07. The second-order valence-electron chi connectivity index (χ2n) is 7.13. The lowest BCUT2D eigenvalue weighted by atomic mass is 10.1. The van der Waals surface area contributed by atoms with Crippen LogP contribution in [0.25, 0.3) is 5.69 Å². The molecule has 2 N–H and O–H groups in total. The average molecular weight is 375 g/mol. The summed E-state index contributed by atoms with van der Waals surface area (Å²) in [5.41, 5.74) is 1.67. The van der Waals surface area contributed by atoms with E-state index in [1.165, 1.54) is 16.8 Å². The van der Waals surface area contributed by atoms with Gasteiger partial charge in [-0.05, 0) is 50.7 Å². The van der Waals surface area contributed by atoms with Crippen LogP contribution in [0, 0.1) is 17.6 Å². The number of halogens is 2. The molecule has 0 spiro atoms. The Morgan fingerprint density at radius 1 is 1.22 bits per heavy atom. The minimum absolute atomic E-state index is 0.0148. The number of benzene rings is 1. The molecular weight excluding hydrogens is 356 g/mol. The maximum Gasteiger partial charge on any atom is 0.306 e. The van der Waals surface area contributed by atoms with E-state index in [9.17, 15) is 18.4 Å². The van der Waals surface area contributed by atoms with Crippen molar-refractivity contribution in [1.82, 2.24) is 15.1 Å². The predicted octanol–water partition coefficient (Wildman–Crippen LogP) is 2.62. The van der Waals surface area contributed by atoms with Crippen LogP contribution < -0.4 is 5.32 Å². The van der Waals surface area contributed by atoms with Crippen LogP contribution in [0.5, 0.6) is 0 Å². The number of hydrogen-bond acceptors (Lipinski definition) is 3. The second kappa shape index (κ2) is 6.75. The van der Waals surface area contributed by atoms with Crippen LogP contribution in [-0.2, 0) is 17.6 Å². The maximum atomic E-state index is 14.2. The summed E-state index contributed by atoms with van der Waals surface area (Å²) in [7, 11) is 0. The molecule has 1 aromatic carbocycles. The summed E-state index contributed by atoms with van der Waals surface area (Å²) >= 11 is 0. The maximum absolute atomic E-state index is 14.2. The second-order valence-corrected chi connectivity index (χ2v) is 7.13. The lowest BCUT2D eigenvalue weighted by Gasteiger charge is -2.12. The molecule has 1 saturated carbocycles. The molecule has 2 aliphatic rings. The van der Waals surface area contributed by atoms with Gasteiger partial charge in [0.25, 0.3) is 5.91 Å². The van der Waals surface area contributed by atoms with Gasteiger partial charge < -0.3 is 10.4 Å². The number of carbonyl (C=O) groups excluding carboxylic acids is 1. The highest BCUT2D eigenvalue weighted by Crippen LogP contribution is 2.30. The Bertz CT molecular complexity index is 925. The first-order chi connectivity index (χ1) is 13.0. The summed E-state index contributed by atoms with van der Waals surface area (Å²) in [6, 6.07) is 3.66. The van der Waals surface area contributed by atoms with Gasteiger partial charge in [0.2, 0.25) is 0 Å². The standard InChI is InChI=1S/C19H19F2N3O3/c20-13-4-2-6-15(16(13)21)24-14-5-1-3-12(14)17(23-24)18(25)22-11-8-7-10(9-11)19(26)27/h2,4,6,10-11H,1,3,5,7-9H2,(H,22,25)(H,26,27)/t10-,11+/m1/s1. The smallest absolute Gasteiger partial charge is 0.306 e. The number of carboxylic acids is 1. The molecular formula is C19H19F2N3O3. The largest absolute Gasteiger partial charge is 0.481 e. The molecule has 2 aromatic rings. The predicted molar refractivity (Wildman–Crippen MR) is 91.7 cm³/mol. The topological polar surface area (TPSA) is 84.2 Å². The van der Waals surface area contributed by atoms with Gasteiger partial charge in [0.1, 0.15) is 5.69 Å². The molecule has 142 valence electrons. The molecule has 1 heterocycles. The quantitative estimate of drug-likeness (QED) is 0.860. The zero-order valence-corrected chi connectivity index (χ0v) is 14.5. The van der Waals surface area contributed by atoms with E-state index >= 15 is 0 Å². The highest BCUT2D eigenvalue weighted by molar-refractivity contribution is 5.94. The van der Waals surface area contributed by atoms with Crippen molar-refractivity contribution in [2.75, 3.05) is 0 Å². The minimum Gasteiger partial charge on any atom is -0.481 e. The molecule has 0 unspecified atom stereocenters. The third-order valence-electron chi connectivity index (χ3n) is 5.42. The van der Waals surface area contributed by atoms with Crippen LogP contribution in [0.3, 0.4) is 0 Å². The van der Waals surface area contributed by atoms with Crippen molar-refractivity contribution >= 4 is 11.9 Å². The van der Waals surface area contributed by atoms with Gasteiger partial charge >= 0.3 is 5.97 Å². The van der Waals surface area contributed by atoms with E-state index in [1.807, 2.05) is 0 Å². The van der Waals surface area contributed by atoms with Crippen molar-refractivity contribution in [3.05, 3.63) is 46.8 Å². The molecule has 27 heavy (non-hydrogen) atoms. The monoisotopic (exact) mass is 375 g/mol. The number of carbonyl (C=O) groups is 2. The number of rotatable bonds is 4. The number of nitrogens with zero attached hydrogens (tertiary/aromatic N) is 2. The third kappa shape index (κ3) is 3.09. The van der Waals surface area contributed by atoms with Gasteiger partial charge in [-0.15, -0.1) is 0 Å². The van der Waals surface area contributed by atoms with Crippen LogP contribution in [0.2, 0.25) is 0 Å². The highest BCUT2D eigenvalue weighted by Gasteiger charge is 2.33. The summed E-state index contributed by atoms with van der Waals surface area (Å²) in [5.74, 6) is -3.65. The van der Waals surface area contributed by atoms with Gasteiger partial charge in [-0.2, -0.15) is 5.10 Å². The van der Waals surface area contributed by atoms with Gasteiger partial charge in [0.05, 0.1) is 5.92 Å². The molecule has 0 radical (unpaired) electrons. The van der Waals surface area contributed by atoms with Crippen LogP contribution in [-0.4, -0.2) is 32.8 Å². The first-order valence-corrected chi connectivity index (χ1v) is 9.04. The Morgan fingerprint density at radius 2 is 2.04 bits per heavy atom. The van der Waals surface area contributed by atoms with Crippen molar-refractivity contribution in [3.8, 4) is 5.69 Å². The summed E-state index contributed by atoms with van der Waals surface area (Å²) in [6.45, 7) is 0. The van der Waals surface area contributed by atoms with Crippen LogP contribution in [0.4, 0.5) is 8.78 Å². The number of hydrogen-bond donors (Lipinski definition) is 2. The molecule has 1 amide bonds. The van der Waals surface area contributed by atoms with Crippen LogP contribution >= 0.6 is 0 Å². The molecule has 1 fully saturated rings. The number of carboxylic acid groups (broad SMARTS) is 1. The van der Waals surface area contributed by atoms with E-state index < -0.39 is 23.5 Å². The molecule has 0 bridgehead atoms. The molecule has 1 aromatic heterocycles. The fourth-order valence-electron chi connectivity index (χ4n) is 4.07.